The SMILES string of the molecule is CC(=O)N[C@H]1CC[C@@H](C(F)(F)F)N(C(=O)c2ccoc2C)C1. The summed E-state index contributed by atoms with van der Waals surface area (Å²) in [5, 5.41) is 2.57. The summed E-state index contributed by atoms with van der Waals surface area (Å²) in [7, 11) is 0. The number of hydrogen-bond donors (Lipinski definition) is 1. The molecule has 1 aromatic heterocycles. The van der Waals surface area contributed by atoms with Gasteiger partial charge < -0.3 is 14.6 Å². The molecule has 1 fully saturated rings. The highest BCUT2D eigenvalue weighted by Gasteiger charge is 2.48. The molecule has 1 aromatic rings. The van der Waals surface area contributed by atoms with Crippen molar-refractivity contribution in [2.75, 3.05) is 6.54 Å². The minimum Gasteiger partial charge on any atom is -0.469 e. The number of furan rings is 1. The highest BCUT2D eigenvalue weighted by molar-refractivity contribution is 5.95. The zero-order valence-electron chi connectivity index (χ0n) is 12.2. The van der Waals surface area contributed by atoms with Gasteiger partial charge in [-0.3, -0.25) is 9.59 Å². The predicted octanol–water partition coefficient (Wildman–Crippen LogP) is 2.26. The summed E-state index contributed by atoms with van der Waals surface area (Å²) in [4.78, 5) is 24.3. The van der Waals surface area contributed by atoms with Crippen LogP contribution in [0.1, 0.15) is 35.9 Å². The second-order valence-corrected chi connectivity index (χ2v) is 5.38. The molecule has 0 aromatic carbocycles. The molecule has 0 bridgehead atoms. The number of alkyl halides is 3. The number of rotatable bonds is 2. The third kappa shape index (κ3) is 3.42. The monoisotopic (exact) mass is 318 g/mol. The van der Waals surface area contributed by atoms with Gasteiger partial charge in [-0.2, -0.15) is 13.2 Å². The standard InChI is InChI=1S/C14H17F3N2O3/c1-8-11(5-6-22-8)13(21)19-7-10(18-9(2)20)3-4-12(19)14(15,16)17/h5-6,10,12H,3-4,7H2,1-2H3,(H,18,20)/t10-,12-/m0/s1. The van der Waals surface area contributed by atoms with Gasteiger partial charge in [-0.25, -0.2) is 0 Å². The van der Waals surface area contributed by atoms with Crippen molar-refractivity contribution in [3.8, 4) is 0 Å². The number of carbonyl (C=O) groups is 2. The first-order valence-electron chi connectivity index (χ1n) is 6.89. The van der Waals surface area contributed by atoms with Gasteiger partial charge >= 0.3 is 6.18 Å². The Balaban J connectivity index is 2.25. The van der Waals surface area contributed by atoms with E-state index >= 15 is 0 Å². The first-order valence-corrected chi connectivity index (χ1v) is 6.89. The molecule has 0 unspecified atom stereocenters. The lowest BCUT2D eigenvalue weighted by Crippen LogP contribution is -2.58. The van der Waals surface area contributed by atoms with E-state index in [-0.39, 0.29) is 36.6 Å². The zero-order valence-corrected chi connectivity index (χ0v) is 12.2. The molecule has 1 N–H and O–H groups in total. The van der Waals surface area contributed by atoms with Crippen molar-refractivity contribution in [1.82, 2.24) is 10.2 Å². The first-order chi connectivity index (χ1) is 10.2. The second kappa shape index (κ2) is 6.02. The summed E-state index contributed by atoms with van der Waals surface area (Å²) >= 11 is 0. The van der Waals surface area contributed by atoms with E-state index in [1.165, 1.54) is 26.2 Å². The van der Waals surface area contributed by atoms with E-state index in [4.69, 9.17) is 4.42 Å². The van der Waals surface area contributed by atoms with Crippen molar-refractivity contribution in [2.45, 2.75) is 44.9 Å². The van der Waals surface area contributed by atoms with Gasteiger partial charge in [-0.1, -0.05) is 0 Å². The first kappa shape index (κ1) is 16.4. The summed E-state index contributed by atoms with van der Waals surface area (Å²) in [6, 6.07) is -0.973. The van der Waals surface area contributed by atoms with Crippen LogP contribution < -0.4 is 5.32 Å². The van der Waals surface area contributed by atoms with Gasteiger partial charge in [0.15, 0.2) is 0 Å². The van der Waals surface area contributed by atoms with E-state index in [1.54, 1.807) is 0 Å². The number of hydrogen-bond acceptors (Lipinski definition) is 3. The molecular formula is C14H17F3N2O3. The fourth-order valence-corrected chi connectivity index (χ4v) is 2.70. The number of halogens is 3. The third-order valence-corrected chi connectivity index (χ3v) is 3.72. The van der Waals surface area contributed by atoms with Gasteiger partial charge in [0.05, 0.1) is 11.8 Å². The van der Waals surface area contributed by atoms with Gasteiger partial charge in [0, 0.05) is 19.5 Å². The van der Waals surface area contributed by atoms with Crippen molar-refractivity contribution < 1.29 is 27.2 Å². The molecule has 2 rings (SSSR count). The van der Waals surface area contributed by atoms with Crippen molar-refractivity contribution in [1.29, 1.82) is 0 Å². The molecule has 1 aliphatic heterocycles. The molecule has 122 valence electrons. The van der Waals surface area contributed by atoms with Crippen LogP contribution in [-0.4, -0.2) is 41.5 Å². The maximum atomic E-state index is 13.2. The molecule has 0 saturated carbocycles. The number of likely N-dealkylation sites (tertiary alicyclic amines) is 1. The maximum Gasteiger partial charge on any atom is 0.408 e. The second-order valence-electron chi connectivity index (χ2n) is 5.38. The van der Waals surface area contributed by atoms with E-state index in [1.807, 2.05) is 0 Å². The molecule has 1 aliphatic rings. The predicted molar refractivity (Wildman–Crippen MR) is 71.2 cm³/mol. The van der Waals surface area contributed by atoms with E-state index < -0.39 is 24.2 Å². The Bertz CT molecular complexity index is 568. The Labute approximate surface area is 125 Å². The van der Waals surface area contributed by atoms with Gasteiger partial charge in [0.2, 0.25) is 5.91 Å². The largest absolute Gasteiger partial charge is 0.469 e. The molecule has 22 heavy (non-hydrogen) atoms. The van der Waals surface area contributed by atoms with Gasteiger partial charge in [0.1, 0.15) is 11.8 Å². The smallest absolute Gasteiger partial charge is 0.408 e. The normalized spacial score (nSPS) is 22.5. The lowest BCUT2D eigenvalue weighted by Gasteiger charge is -2.40. The Kier molecular flexibility index (Phi) is 4.48. The molecule has 5 nitrogen and oxygen atoms in total. The average molecular weight is 318 g/mol. The van der Waals surface area contributed by atoms with Crippen LogP contribution in [-0.2, 0) is 4.79 Å². The quantitative estimate of drug-likeness (QED) is 0.910. The highest BCUT2D eigenvalue weighted by atomic mass is 19.4. The van der Waals surface area contributed by atoms with Crippen molar-refractivity contribution >= 4 is 11.8 Å². The number of nitrogens with zero attached hydrogens (tertiary/aromatic N) is 1. The van der Waals surface area contributed by atoms with Crippen LogP contribution in [0.2, 0.25) is 0 Å². The van der Waals surface area contributed by atoms with Crippen LogP contribution in [0, 0.1) is 6.92 Å². The summed E-state index contributed by atoms with van der Waals surface area (Å²) < 4.78 is 44.5. The fraction of sp³-hybridized carbons (Fsp3) is 0.571. The highest BCUT2D eigenvalue weighted by Crippen LogP contribution is 2.33. The molecule has 1 saturated heterocycles. The summed E-state index contributed by atoms with van der Waals surface area (Å²) in [6.45, 7) is 2.64. The summed E-state index contributed by atoms with van der Waals surface area (Å²) in [5.41, 5.74) is 0.109. The Morgan fingerprint density at radius 1 is 1.36 bits per heavy atom. The average Bonchev–Trinajstić information content (AvgIpc) is 2.82. The van der Waals surface area contributed by atoms with Crippen molar-refractivity contribution in [2.24, 2.45) is 0 Å². The van der Waals surface area contributed by atoms with Crippen molar-refractivity contribution in [3.63, 3.8) is 0 Å². The summed E-state index contributed by atoms with van der Waals surface area (Å²) in [6.07, 6.45) is -3.30. The van der Waals surface area contributed by atoms with Crippen LogP contribution in [0.3, 0.4) is 0 Å². The van der Waals surface area contributed by atoms with E-state index in [9.17, 15) is 22.8 Å². The number of aryl methyl sites for hydroxylation is 1. The Morgan fingerprint density at radius 2 is 2.05 bits per heavy atom. The maximum absolute atomic E-state index is 13.2. The lowest BCUT2D eigenvalue weighted by molar-refractivity contribution is -0.184. The minimum absolute atomic E-state index is 0.109. The van der Waals surface area contributed by atoms with Crippen LogP contribution in [0.25, 0.3) is 0 Å². The number of amides is 2. The van der Waals surface area contributed by atoms with Crippen LogP contribution in [0.5, 0.6) is 0 Å². The minimum atomic E-state index is -4.51. The lowest BCUT2D eigenvalue weighted by atomic mass is 9.96. The summed E-state index contributed by atoms with van der Waals surface area (Å²) in [5.74, 6) is -0.793. The van der Waals surface area contributed by atoms with Gasteiger partial charge in [-0.15, -0.1) is 0 Å². The topological polar surface area (TPSA) is 62.6 Å². The molecule has 2 atom stereocenters. The molecule has 0 radical (unpaired) electrons. The van der Waals surface area contributed by atoms with Crippen LogP contribution >= 0.6 is 0 Å². The molecule has 8 heteroatoms. The zero-order chi connectivity index (χ0) is 16.5. The van der Waals surface area contributed by atoms with E-state index in [0.717, 1.165) is 4.90 Å². The van der Waals surface area contributed by atoms with E-state index in [0.29, 0.717) is 0 Å². The molecular weight excluding hydrogens is 301 g/mol. The van der Waals surface area contributed by atoms with Gasteiger partial charge in [0.25, 0.3) is 5.91 Å². The number of piperidine rings is 1. The van der Waals surface area contributed by atoms with Gasteiger partial charge in [-0.05, 0) is 25.8 Å². The van der Waals surface area contributed by atoms with Crippen LogP contribution in [0.4, 0.5) is 13.2 Å². The Morgan fingerprint density at radius 3 is 2.55 bits per heavy atom. The molecule has 2 heterocycles. The van der Waals surface area contributed by atoms with Crippen LogP contribution in [0.15, 0.2) is 16.7 Å². The van der Waals surface area contributed by atoms with Crippen molar-refractivity contribution in [3.05, 3.63) is 23.7 Å². The Hall–Kier alpha value is -1.99. The molecule has 0 aliphatic carbocycles. The fourth-order valence-electron chi connectivity index (χ4n) is 2.70. The third-order valence-electron chi connectivity index (χ3n) is 3.72. The number of nitrogens with one attached hydrogen (secondary N) is 1. The molecule has 2 amide bonds. The number of carbonyl (C=O) groups excluding carboxylic acids is 2. The van der Waals surface area contributed by atoms with E-state index in [2.05, 4.69) is 5.32 Å². The molecule has 0 spiro atoms.